The van der Waals surface area contributed by atoms with Gasteiger partial charge in [-0.2, -0.15) is 0 Å². The third-order valence-electron chi connectivity index (χ3n) is 5.91. The summed E-state index contributed by atoms with van der Waals surface area (Å²) in [7, 11) is -3.35. The Balaban J connectivity index is 1.82. The molecule has 0 aliphatic carbocycles. The van der Waals surface area contributed by atoms with E-state index in [2.05, 4.69) is 58.3 Å². The van der Waals surface area contributed by atoms with Gasteiger partial charge < -0.3 is 14.8 Å². The van der Waals surface area contributed by atoms with Crippen molar-refractivity contribution >= 4 is 38.7 Å². The summed E-state index contributed by atoms with van der Waals surface area (Å²) < 4.78 is 28.0. The van der Waals surface area contributed by atoms with Crippen molar-refractivity contribution in [1.29, 1.82) is 0 Å². The van der Waals surface area contributed by atoms with Gasteiger partial charge >= 0.3 is 0 Å². The van der Waals surface area contributed by atoms with E-state index in [9.17, 15) is 8.42 Å². The summed E-state index contributed by atoms with van der Waals surface area (Å²) in [4.78, 5) is 6.72. The second-order valence-corrected chi connectivity index (χ2v) is 10.8. The van der Waals surface area contributed by atoms with E-state index in [1.165, 1.54) is 17.0 Å². The van der Waals surface area contributed by atoms with E-state index in [1.54, 1.807) is 18.3 Å². The van der Waals surface area contributed by atoms with Gasteiger partial charge in [-0.25, -0.2) is 8.42 Å². The number of nitrogens with zero attached hydrogens (tertiary/aromatic N) is 3. The standard InChI is InChI=1S/C24H29N5O2S2/c1-15(2)28-16(3)14-20(17(28)4)23-22(21-8-6-7-13-25-21)26-24(32)29(23)19-11-9-18(10-12-19)27-33(5,30)31/h6-15,22-23,27H,1-5H3,(H,26,32)/t22-,23-/m1/s1. The quantitative estimate of drug-likeness (QED) is 0.498. The number of hydrogen-bond donors (Lipinski definition) is 2. The molecule has 2 atom stereocenters. The zero-order valence-corrected chi connectivity index (χ0v) is 21.0. The van der Waals surface area contributed by atoms with Gasteiger partial charge in [-0.05, 0) is 87.9 Å². The minimum absolute atomic E-state index is 0.111. The minimum Gasteiger partial charge on any atom is -0.351 e. The molecule has 174 valence electrons. The summed E-state index contributed by atoms with van der Waals surface area (Å²) in [5.41, 5.74) is 5.88. The predicted molar refractivity (Wildman–Crippen MR) is 137 cm³/mol. The molecular weight excluding hydrogens is 454 g/mol. The highest BCUT2D eigenvalue weighted by Crippen LogP contribution is 2.43. The van der Waals surface area contributed by atoms with E-state index < -0.39 is 10.0 Å². The molecule has 33 heavy (non-hydrogen) atoms. The van der Waals surface area contributed by atoms with Crippen LogP contribution >= 0.6 is 12.2 Å². The lowest BCUT2D eigenvalue weighted by Crippen LogP contribution is -2.29. The molecule has 3 heterocycles. The molecule has 0 unspecified atom stereocenters. The van der Waals surface area contributed by atoms with Crippen molar-refractivity contribution in [3.63, 3.8) is 0 Å². The van der Waals surface area contributed by atoms with Crippen molar-refractivity contribution in [2.24, 2.45) is 0 Å². The molecule has 7 nitrogen and oxygen atoms in total. The monoisotopic (exact) mass is 483 g/mol. The highest BCUT2D eigenvalue weighted by Gasteiger charge is 2.42. The lowest BCUT2D eigenvalue weighted by atomic mass is 9.96. The van der Waals surface area contributed by atoms with Crippen LogP contribution in [0, 0.1) is 13.8 Å². The number of aryl methyl sites for hydroxylation is 1. The van der Waals surface area contributed by atoms with Gasteiger partial charge in [0.15, 0.2) is 5.11 Å². The molecule has 1 aliphatic heterocycles. The first-order valence-electron chi connectivity index (χ1n) is 10.8. The predicted octanol–water partition coefficient (Wildman–Crippen LogP) is 4.63. The third-order valence-corrected chi connectivity index (χ3v) is 6.83. The zero-order chi connectivity index (χ0) is 23.9. The molecule has 0 amide bonds. The van der Waals surface area contributed by atoms with Crippen molar-refractivity contribution in [3.8, 4) is 0 Å². The van der Waals surface area contributed by atoms with Gasteiger partial charge in [0.1, 0.15) is 0 Å². The maximum absolute atomic E-state index is 11.6. The number of pyridine rings is 1. The Kier molecular flexibility index (Phi) is 6.20. The zero-order valence-electron chi connectivity index (χ0n) is 19.4. The number of aromatic nitrogens is 2. The van der Waals surface area contributed by atoms with E-state index in [4.69, 9.17) is 12.2 Å². The molecule has 0 bridgehead atoms. The average Bonchev–Trinajstić information content (AvgIpc) is 3.23. The van der Waals surface area contributed by atoms with Gasteiger partial charge in [0.2, 0.25) is 10.0 Å². The number of anilines is 2. The van der Waals surface area contributed by atoms with Crippen LogP contribution in [0.15, 0.2) is 54.7 Å². The Morgan fingerprint density at radius 2 is 1.82 bits per heavy atom. The molecule has 0 spiro atoms. The lowest BCUT2D eigenvalue weighted by Gasteiger charge is -2.28. The Morgan fingerprint density at radius 1 is 1.12 bits per heavy atom. The SMILES string of the molecule is Cc1cc([C@@H]2[C@@H](c3ccccn3)NC(=S)N2c2ccc(NS(C)(=O)=O)cc2)c(C)n1C(C)C. The first kappa shape index (κ1) is 23.3. The minimum atomic E-state index is -3.35. The van der Waals surface area contributed by atoms with Crippen LogP contribution in [-0.4, -0.2) is 29.3 Å². The molecule has 0 radical (unpaired) electrons. The summed E-state index contributed by atoms with van der Waals surface area (Å²) in [6, 6.07) is 15.5. The first-order valence-corrected chi connectivity index (χ1v) is 13.1. The van der Waals surface area contributed by atoms with Crippen molar-refractivity contribution in [1.82, 2.24) is 14.9 Å². The largest absolute Gasteiger partial charge is 0.351 e. The van der Waals surface area contributed by atoms with Gasteiger partial charge in [-0.15, -0.1) is 0 Å². The second-order valence-electron chi connectivity index (χ2n) is 8.71. The maximum atomic E-state index is 11.6. The summed E-state index contributed by atoms with van der Waals surface area (Å²) in [6.07, 6.45) is 2.93. The second kappa shape index (κ2) is 8.79. The Bertz CT molecular complexity index is 1270. The highest BCUT2D eigenvalue weighted by molar-refractivity contribution is 7.92. The maximum Gasteiger partial charge on any atom is 0.229 e. The Labute approximate surface area is 200 Å². The van der Waals surface area contributed by atoms with E-state index in [-0.39, 0.29) is 12.1 Å². The number of rotatable bonds is 6. The van der Waals surface area contributed by atoms with Crippen LogP contribution < -0.4 is 14.9 Å². The molecule has 1 aliphatic rings. The molecule has 1 aromatic carbocycles. The van der Waals surface area contributed by atoms with Crippen molar-refractivity contribution < 1.29 is 8.42 Å². The lowest BCUT2D eigenvalue weighted by molar-refractivity contribution is 0.547. The van der Waals surface area contributed by atoms with Crippen LogP contribution in [0.1, 0.15) is 54.6 Å². The molecule has 1 fully saturated rings. The fourth-order valence-electron chi connectivity index (χ4n) is 4.75. The summed E-state index contributed by atoms with van der Waals surface area (Å²) in [5.74, 6) is 0. The number of benzene rings is 1. The van der Waals surface area contributed by atoms with Gasteiger partial charge in [-0.3, -0.25) is 9.71 Å². The van der Waals surface area contributed by atoms with Crippen LogP contribution in [0.4, 0.5) is 11.4 Å². The van der Waals surface area contributed by atoms with E-state index >= 15 is 0 Å². The van der Waals surface area contributed by atoms with Crippen molar-refractivity contribution in [2.75, 3.05) is 15.9 Å². The smallest absolute Gasteiger partial charge is 0.229 e. The molecule has 3 aromatic rings. The van der Waals surface area contributed by atoms with Crippen LogP contribution in [0.2, 0.25) is 0 Å². The molecule has 2 N–H and O–H groups in total. The van der Waals surface area contributed by atoms with Gasteiger partial charge in [0.05, 0.1) is 24.0 Å². The first-order chi connectivity index (χ1) is 15.6. The van der Waals surface area contributed by atoms with Crippen molar-refractivity contribution in [3.05, 3.63) is 77.4 Å². The van der Waals surface area contributed by atoms with Crippen LogP contribution in [0.3, 0.4) is 0 Å². The molecular formula is C24H29N5O2S2. The molecule has 0 saturated carbocycles. The Morgan fingerprint density at radius 3 is 2.36 bits per heavy atom. The van der Waals surface area contributed by atoms with E-state index in [0.29, 0.717) is 16.8 Å². The summed E-state index contributed by atoms with van der Waals surface area (Å²) in [5, 5.41) is 4.08. The summed E-state index contributed by atoms with van der Waals surface area (Å²) in [6.45, 7) is 8.64. The number of nitrogens with one attached hydrogen (secondary N) is 2. The van der Waals surface area contributed by atoms with Crippen LogP contribution in [0.5, 0.6) is 0 Å². The molecule has 2 aromatic heterocycles. The summed E-state index contributed by atoms with van der Waals surface area (Å²) >= 11 is 5.80. The van der Waals surface area contributed by atoms with E-state index in [1.807, 2.05) is 30.3 Å². The normalized spacial score (nSPS) is 18.6. The van der Waals surface area contributed by atoms with Gasteiger partial charge in [-0.1, -0.05) is 6.07 Å². The van der Waals surface area contributed by atoms with Gasteiger partial charge in [0.25, 0.3) is 0 Å². The number of thiocarbonyl (C=S) groups is 1. The molecule has 1 saturated heterocycles. The number of sulfonamides is 1. The highest BCUT2D eigenvalue weighted by atomic mass is 32.2. The Hall–Kier alpha value is -2.91. The van der Waals surface area contributed by atoms with E-state index in [0.717, 1.165) is 17.6 Å². The van der Waals surface area contributed by atoms with Crippen molar-refractivity contribution in [2.45, 2.75) is 45.8 Å². The third kappa shape index (κ3) is 4.60. The van der Waals surface area contributed by atoms with Gasteiger partial charge in [0, 0.05) is 35.0 Å². The topological polar surface area (TPSA) is 79.3 Å². The fraction of sp³-hybridized carbons (Fsp3) is 0.333. The molecule has 4 rings (SSSR count). The van der Waals surface area contributed by atoms with Crippen LogP contribution in [0.25, 0.3) is 0 Å². The fourth-order valence-corrected chi connectivity index (χ4v) is 5.66. The average molecular weight is 484 g/mol. The van der Waals surface area contributed by atoms with Crippen LogP contribution in [-0.2, 0) is 10.0 Å². The number of hydrogen-bond acceptors (Lipinski definition) is 4. The molecule has 9 heteroatoms.